The lowest BCUT2D eigenvalue weighted by Crippen LogP contribution is -2.31. The minimum atomic E-state index is -0.168. The summed E-state index contributed by atoms with van der Waals surface area (Å²) in [5.74, 6) is 6.53. The minimum absolute atomic E-state index is 0.168. The van der Waals surface area contributed by atoms with Crippen LogP contribution in [-0.2, 0) is 6.54 Å². The summed E-state index contributed by atoms with van der Waals surface area (Å²) in [6.07, 6.45) is 1.73. The smallest absolute Gasteiger partial charge is 0.162 e. The van der Waals surface area contributed by atoms with Crippen LogP contribution in [0.4, 0.5) is 0 Å². The highest BCUT2D eigenvalue weighted by atomic mass is 79.9. The van der Waals surface area contributed by atoms with Crippen molar-refractivity contribution in [2.24, 2.45) is 5.84 Å². The molecule has 0 radical (unpaired) electrons. The Morgan fingerprint density at radius 3 is 2.86 bits per heavy atom. The van der Waals surface area contributed by atoms with Gasteiger partial charge in [-0.05, 0) is 41.5 Å². The van der Waals surface area contributed by atoms with Crippen LogP contribution < -0.4 is 16.0 Å². The number of likely N-dealkylation sites (N-methyl/N-ethyl adjacent to an activating group) is 1. The van der Waals surface area contributed by atoms with E-state index in [0.29, 0.717) is 0 Å². The highest BCUT2D eigenvalue weighted by molar-refractivity contribution is 9.10. The number of nitrogens with two attached hydrogens (primary N) is 1. The van der Waals surface area contributed by atoms with E-state index in [-0.39, 0.29) is 6.04 Å². The molecule has 116 valence electrons. The molecule has 0 aliphatic rings. The summed E-state index contributed by atoms with van der Waals surface area (Å²) in [6.45, 7) is 1.66. The quantitative estimate of drug-likeness (QED) is 0.572. The maximum atomic E-state index is 5.80. The van der Waals surface area contributed by atoms with Gasteiger partial charge in [0.05, 0.1) is 19.9 Å². The molecule has 0 amide bonds. The van der Waals surface area contributed by atoms with Gasteiger partial charge in [-0.25, -0.2) is 5.43 Å². The van der Waals surface area contributed by atoms with Gasteiger partial charge in [-0.15, -0.1) is 11.3 Å². The average molecular weight is 374 g/mol. The number of rotatable bonds is 7. The molecule has 2 heterocycles. The Morgan fingerprint density at radius 2 is 2.33 bits per heavy atom. The van der Waals surface area contributed by atoms with Crippen LogP contribution in [0.15, 0.2) is 22.1 Å². The van der Waals surface area contributed by atoms with Crippen LogP contribution in [-0.4, -0.2) is 42.4 Å². The Morgan fingerprint density at radius 1 is 1.57 bits per heavy atom. The molecule has 0 spiro atoms. The molecule has 3 N–H and O–H groups in total. The third-order valence-electron chi connectivity index (χ3n) is 3.17. The number of ether oxygens (including phenoxy) is 1. The molecule has 0 aromatic carbocycles. The lowest BCUT2D eigenvalue weighted by Gasteiger charge is -2.19. The van der Waals surface area contributed by atoms with E-state index in [1.54, 1.807) is 24.6 Å². The molecule has 6 nitrogen and oxygen atoms in total. The Bertz CT molecular complexity index is 583. The normalized spacial score (nSPS) is 12.9. The van der Waals surface area contributed by atoms with Crippen molar-refractivity contribution in [3.63, 3.8) is 0 Å². The fourth-order valence-corrected chi connectivity index (χ4v) is 3.75. The Kier molecular flexibility index (Phi) is 5.77. The predicted molar refractivity (Wildman–Crippen MR) is 88.5 cm³/mol. The SMILES string of the molecule is COc1cnn(CCN(C)C)c1C(NN)c1sccc1Br. The van der Waals surface area contributed by atoms with E-state index < -0.39 is 0 Å². The summed E-state index contributed by atoms with van der Waals surface area (Å²) in [4.78, 5) is 3.21. The van der Waals surface area contributed by atoms with Gasteiger partial charge in [0.15, 0.2) is 5.75 Å². The number of nitrogens with zero attached hydrogens (tertiary/aromatic N) is 3. The number of hydrogen-bond donors (Lipinski definition) is 2. The van der Waals surface area contributed by atoms with E-state index in [0.717, 1.165) is 33.9 Å². The van der Waals surface area contributed by atoms with Gasteiger partial charge in [-0.3, -0.25) is 10.5 Å². The second-order valence-electron chi connectivity index (χ2n) is 4.86. The van der Waals surface area contributed by atoms with Crippen molar-refractivity contribution in [1.82, 2.24) is 20.1 Å². The van der Waals surface area contributed by atoms with Crippen LogP contribution >= 0.6 is 27.3 Å². The van der Waals surface area contributed by atoms with Gasteiger partial charge in [0.25, 0.3) is 0 Å². The van der Waals surface area contributed by atoms with Crippen LogP contribution in [0.25, 0.3) is 0 Å². The average Bonchev–Trinajstić information content (AvgIpc) is 3.05. The van der Waals surface area contributed by atoms with Crippen LogP contribution in [0, 0.1) is 0 Å². The summed E-state index contributed by atoms with van der Waals surface area (Å²) >= 11 is 5.20. The highest BCUT2D eigenvalue weighted by Gasteiger charge is 2.25. The molecule has 0 saturated carbocycles. The number of halogens is 1. The van der Waals surface area contributed by atoms with E-state index in [1.165, 1.54) is 0 Å². The highest BCUT2D eigenvalue weighted by Crippen LogP contribution is 2.36. The molecule has 8 heteroatoms. The van der Waals surface area contributed by atoms with Crippen LogP contribution in [0.5, 0.6) is 5.75 Å². The number of nitrogens with one attached hydrogen (secondary N) is 1. The summed E-state index contributed by atoms with van der Waals surface area (Å²) in [5.41, 5.74) is 3.81. The summed E-state index contributed by atoms with van der Waals surface area (Å²) in [7, 11) is 5.72. The largest absolute Gasteiger partial charge is 0.493 e. The fourth-order valence-electron chi connectivity index (χ4n) is 2.09. The number of hydrazine groups is 1. The molecule has 0 fully saturated rings. The molecule has 0 saturated heterocycles. The van der Waals surface area contributed by atoms with Gasteiger partial charge in [-0.1, -0.05) is 0 Å². The van der Waals surface area contributed by atoms with Crippen molar-refractivity contribution in [3.05, 3.63) is 32.7 Å². The second-order valence-corrected chi connectivity index (χ2v) is 6.66. The van der Waals surface area contributed by atoms with Gasteiger partial charge in [0.1, 0.15) is 11.7 Å². The topological polar surface area (TPSA) is 68.3 Å². The molecule has 0 aliphatic heterocycles. The molecular formula is C13H20BrN5OS. The molecule has 2 aromatic heterocycles. The lowest BCUT2D eigenvalue weighted by atomic mass is 10.1. The molecule has 0 aliphatic carbocycles. The van der Waals surface area contributed by atoms with E-state index in [1.807, 2.05) is 30.2 Å². The van der Waals surface area contributed by atoms with Crippen molar-refractivity contribution in [2.45, 2.75) is 12.6 Å². The summed E-state index contributed by atoms with van der Waals surface area (Å²) in [5, 5.41) is 6.45. The molecule has 1 atom stereocenters. The van der Waals surface area contributed by atoms with Gasteiger partial charge >= 0.3 is 0 Å². The van der Waals surface area contributed by atoms with Gasteiger partial charge in [0.2, 0.25) is 0 Å². The zero-order valence-corrected chi connectivity index (χ0v) is 14.7. The number of hydrogen-bond acceptors (Lipinski definition) is 6. The first-order chi connectivity index (χ1) is 10.1. The van der Waals surface area contributed by atoms with Crippen molar-refractivity contribution < 1.29 is 4.74 Å². The predicted octanol–water partition coefficient (Wildman–Crippen LogP) is 1.83. The molecule has 0 bridgehead atoms. The van der Waals surface area contributed by atoms with E-state index in [2.05, 4.69) is 31.4 Å². The Balaban J connectivity index is 2.39. The number of thiophene rings is 1. The van der Waals surface area contributed by atoms with Crippen molar-refractivity contribution in [1.29, 1.82) is 0 Å². The standard InChI is InChI=1S/C13H20BrN5OS/c1-18(2)5-6-19-12(10(20-3)8-16-19)11(17-15)13-9(14)4-7-21-13/h4,7-8,11,17H,5-6,15H2,1-3H3. The number of aromatic nitrogens is 2. The first-order valence-electron chi connectivity index (χ1n) is 6.52. The summed E-state index contributed by atoms with van der Waals surface area (Å²) < 4.78 is 8.42. The first-order valence-corrected chi connectivity index (χ1v) is 8.19. The van der Waals surface area contributed by atoms with Crippen molar-refractivity contribution in [3.8, 4) is 5.75 Å². The first kappa shape index (κ1) is 16.4. The van der Waals surface area contributed by atoms with E-state index >= 15 is 0 Å². The molecular weight excluding hydrogens is 354 g/mol. The maximum Gasteiger partial charge on any atom is 0.162 e. The maximum absolute atomic E-state index is 5.80. The molecule has 1 unspecified atom stereocenters. The monoisotopic (exact) mass is 373 g/mol. The molecule has 2 rings (SSSR count). The van der Waals surface area contributed by atoms with E-state index in [4.69, 9.17) is 10.6 Å². The zero-order chi connectivity index (χ0) is 15.4. The zero-order valence-electron chi connectivity index (χ0n) is 12.3. The molecule has 2 aromatic rings. The molecule has 21 heavy (non-hydrogen) atoms. The van der Waals surface area contributed by atoms with Crippen molar-refractivity contribution >= 4 is 27.3 Å². The van der Waals surface area contributed by atoms with Crippen LogP contribution in [0.3, 0.4) is 0 Å². The van der Waals surface area contributed by atoms with Gasteiger partial charge in [-0.2, -0.15) is 5.10 Å². The Hall–Kier alpha value is -0.930. The number of methoxy groups -OCH3 is 1. The van der Waals surface area contributed by atoms with Gasteiger partial charge in [0, 0.05) is 15.9 Å². The van der Waals surface area contributed by atoms with Crippen LogP contribution in [0.2, 0.25) is 0 Å². The third kappa shape index (κ3) is 3.64. The Labute approximate surface area is 137 Å². The lowest BCUT2D eigenvalue weighted by molar-refractivity contribution is 0.360. The fraction of sp³-hybridized carbons (Fsp3) is 0.462. The summed E-state index contributed by atoms with van der Waals surface area (Å²) in [6, 6.07) is 1.84. The van der Waals surface area contributed by atoms with Crippen molar-refractivity contribution in [2.75, 3.05) is 27.7 Å². The third-order valence-corrected chi connectivity index (χ3v) is 5.11. The second kappa shape index (κ2) is 7.37. The van der Waals surface area contributed by atoms with Crippen LogP contribution in [0.1, 0.15) is 16.6 Å². The van der Waals surface area contributed by atoms with E-state index in [9.17, 15) is 0 Å². The minimum Gasteiger partial charge on any atom is -0.493 e. The van der Waals surface area contributed by atoms with Gasteiger partial charge < -0.3 is 9.64 Å².